The molecule has 1 heterocycles. The number of aromatic nitrogens is 1. The molecule has 1 rings (SSSR count). The largest absolute Gasteiger partial charge is 0.418 e. The quantitative estimate of drug-likeness (QED) is 0.632. The van der Waals surface area contributed by atoms with Gasteiger partial charge in [0.1, 0.15) is 5.15 Å². The summed E-state index contributed by atoms with van der Waals surface area (Å²) in [5, 5.41) is 7.98. The first-order valence-electron chi connectivity index (χ1n) is 4.01. The molecule has 0 aliphatic rings. The highest BCUT2D eigenvalue weighted by atomic mass is 35.5. The van der Waals surface area contributed by atoms with Crippen molar-refractivity contribution in [2.24, 2.45) is 0 Å². The molecule has 0 fully saturated rings. The van der Waals surface area contributed by atoms with Crippen molar-refractivity contribution >= 4 is 11.6 Å². The van der Waals surface area contributed by atoms with Crippen LogP contribution in [0.3, 0.4) is 0 Å². The minimum atomic E-state index is -5.12. The molecule has 0 unspecified atom stereocenters. The second kappa shape index (κ2) is 4.34. The molecule has 0 saturated carbocycles. The van der Waals surface area contributed by atoms with Crippen LogP contribution in [0, 0.1) is 0 Å². The predicted octanol–water partition coefficient (Wildman–Crippen LogP) is 3.35. The van der Waals surface area contributed by atoms with Gasteiger partial charge in [0, 0.05) is 11.8 Å². The lowest BCUT2D eigenvalue weighted by Crippen LogP contribution is -2.21. The fourth-order valence-electron chi connectivity index (χ4n) is 0.988. The third kappa shape index (κ3) is 3.22. The SMILES string of the molecule is O[C@H](c1cc(C(F)(F)F)cnc1Cl)C(F)(F)F. The molecule has 0 aromatic carbocycles. The molecular formula is C8H4ClF6NO. The van der Waals surface area contributed by atoms with E-state index in [0.29, 0.717) is 0 Å². The number of rotatable bonds is 1. The molecule has 1 N–H and O–H groups in total. The minimum Gasteiger partial charge on any atom is -0.379 e. The Morgan fingerprint density at radius 1 is 1.18 bits per heavy atom. The third-order valence-corrected chi connectivity index (χ3v) is 2.11. The van der Waals surface area contributed by atoms with E-state index in [-0.39, 0.29) is 12.3 Å². The lowest BCUT2D eigenvalue weighted by Gasteiger charge is -2.17. The zero-order valence-corrected chi connectivity index (χ0v) is 8.53. The molecule has 1 aromatic rings. The monoisotopic (exact) mass is 279 g/mol. The van der Waals surface area contributed by atoms with Gasteiger partial charge in [-0.1, -0.05) is 11.6 Å². The van der Waals surface area contributed by atoms with Gasteiger partial charge in [0.25, 0.3) is 0 Å². The Bertz CT molecular complexity index is 415. The standard InChI is InChI=1S/C8H4ClF6NO/c9-6-4(5(17)8(13,14)15)1-3(2-16-6)7(10,11)12/h1-2,5,17H/t5-/m1/s1. The molecule has 0 bridgehead atoms. The number of nitrogens with zero attached hydrogens (tertiary/aromatic N) is 1. The summed E-state index contributed by atoms with van der Waals surface area (Å²) in [7, 11) is 0. The fraction of sp³-hybridized carbons (Fsp3) is 0.375. The van der Waals surface area contributed by atoms with E-state index in [0.717, 1.165) is 0 Å². The van der Waals surface area contributed by atoms with Crippen LogP contribution in [0.5, 0.6) is 0 Å². The number of hydrogen-bond acceptors (Lipinski definition) is 2. The summed E-state index contributed by atoms with van der Waals surface area (Å²) in [6.07, 6.45) is -12.8. The van der Waals surface area contributed by atoms with Crippen molar-refractivity contribution in [1.82, 2.24) is 4.98 Å². The van der Waals surface area contributed by atoms with Crippen molar-refractivity contribution in [3.05, 3.63) is 28.5 Å². The maximum Gasteiger partial charge on any atom is 0.418 e. The number of hydrogen-bond donors (Lipinski definition) is 1. The van der Waals surface area contributed by atoms with Crippen molar-refractivity contribution in [3.63, 3.8) is 0 Å². The number of aliphatic hydroxyl groups is 1. The van der Waals surface area contributed by atoms with Gasteiger partial charge in [0.05, 0.1) is 5.56 Å². The molecule has 0 saturated heterocycles. The van der Waals surface area contributed by atoms with Crippen molar-refractivity contribution in [1.29, 1.82) is 0 Å². The second-order valence-corrected chi connectivity index (χ2v) is 3.40. The zero-order chi connectivity index (χ0) is 13.4. The summed E-state index contributed by atoms with van der Waals surface area (Å²) in [6.45, 7) is 0. The molecule has 1 atom stereocenters. The molecule has 2 nitrogen and oxygen atoms in total. The highest BCUT2D eigenvalue weighted by Gasteiger charge is 2.42. The van der Waals surface area contributed by atoms with Crippen molar-refractivity contribution in [3.8, 4) is 0 Å². The van der Waals surface area contributed by atoms with E-state index in [2.05, 4.69) is 4.98 Å². The Morgan fingerprint density at radius 3 is 2.12 bits per heavy atom. The van der Waals surface area contributed by atoms with Gasteiger partial charge in [-0.2, -0.15) is 26.3 Å². The lowest BCUT2D eigenvalue weighted by molar-refractivity contribution is -0.207. The van der Waals surface area contributed by atoms with Gasteiger partial charge in [-0.25, -0.2) is 4.98 Å². The van der Waals surface area contributed by atoms with E-state index < -0.39 is 34.7 Å². The summed E-state index contributed by atoms with van der Waals surface area (Å²) in [6, 6.07) is 0.119. The van der Waals surface area contributed by atoms with Gasteiger partial charge in [0.15, 0.2) is 6.10 Å². The summed E-state index contributed by atoms with van der Waals surface area (Å²) >= 11 is 5.21. The Kier molecular flexibility index (Phi) is 3.58. The Labute approximate surface area is 95.8 Å². The van der Waals surface area contributed by atoms with Crippen LogP contribution in [0.2, 0.25) is 5.15 Å². The number of alkyl halides is 6. The third-order valence-electron chi connectivity index (χ3n) is 1.80. The smallest absolute Gasteiger partial charge is 0.379 e. The predicted molar refractivity (Wildman–Crippen MR) is 45.3 cm³/mol. The highest BCUT2D eigenvalue weighted by Crippen LogP contribution is 2.38. The summed E-state index contributed by atoms with van der Waals surface area (Å²) in [5.41, 5.74) is -2.55. The molecular weight excluding hydrogens is 276 g/mol. The van der Waals surface area contributed by atoms with E-state index >= 15 is 0 Å². The van der Waals surface area contributed by atoms with Crippen LogP contribution in [-0.2, 0) is 6.18 Å². The average molecular weight is 280 g/mol. The Hall–Kier alpha value is -1.02. The van der Waals surface area contributed by atoms with Crippen molar-refractivity contribution < 1.29 is 31.4 Å². The van der Waals surface area contributed by atoms with E-state index in [1.807, 2.05) is 0 Å². The molecule has 17 heavy (non-hydrogen) atoms. The van der Waals surface area contributed by atoms with Gasteiger partial charge in [-0.15, -0.1) is 0 Å². The fourth-order valence-corrected chi connectivity index (χ4v) is 1.19. The molecule has 0 amide bonds. The molecule has 0 aliphatic heterocycles. The second-order valence-electron chi connectivity index (χ2n) is 3.05. The van der Waals surface area contributed by atoms with Crippen molar-refractivity contribution in [2.75, 3.05) is 0 Å². The lowest BCUT2D eigenvalue weighted by atomic mass is 10.1. The molecule has 96 valence electrons. The highest BCUT2D eigenvalue weighted by molar-refractivity contribution is 6.30. The van der Waals surface area contributed by atoms with Gasteiger partial charge in [-0.3, -0.25) is 0 Å². The zero-order valence-electron chi connectivity index (χ0n) is 7.77. The number of halogens is 7. The van der Waals surface area contributed by atoms with Gasteiger partial charge < -0.3 is 5.11 Å². The minimum absolute atomic E-state index is 0.119. The maximum absolute atomic E-state index is 12.2. The van der Waals surface area contributed by atoms with Crippen LogP contribution < -0.4 is 0 Å². The normalized spacial score (nSPS) is 14.8. The topological polar surface area (TPSA) is 33.1 Å². The Balaban J connectivity index is 3.25. The van der Waals surface area contributed by atoms with E-state index in [1.54, 1.807) is 0 Å². The molecule has 0 aliphatic carbocycles. The molecule has 9 heteroatoms. The van der Waals surface area contributed by atoms with Crippen LogP contribution in [0.4, 0.5) is 26.3 Å². The van der Waals surface area contributed by atoms with Crippen LogP contribution in [0.25, 0.3) is 0 Å². The van der Waals surface area contributed by atoms with E-state index in [4.69, 9.17) is 16.7 Å². The molecule has 0 spiro atoms. The maximum atomic E-state index is 12.2. The number of pyridine rings is 1. The number of aliphatic hydroxyl groups excluding tert-OH is 1. The van der Waals surface area contributed by atoms with E-state index in [9.17, 15) is 26.3 Å². The summed E-state index contributed by atoms with van der Waals surface area (Å²) < 4.78 is 73.0. The molecule has 0 radical (unpaired) electrons. The summed E-state index contributed by atoms with van der Waals surface area (Å²) in [5.74, 6) is 0. The first-order chi connectivity index (χ1) is 7.53. The van der Waals surface area contributed by atoms with Crippen LogP contribution in [-0.4, -0.2) is 16.3 Å². The Morgan fingerprint density at radius 2 is 1.71 bits per heavy atom. The van der Waals surface area contributed by atoms with Gasteiger partial charge >= 0.3 is 12.4 Å². The first kappa shape index (κ1) is 14.0. The van der Waals surface area contributed by atoms with Gasteiger partial charge in [-0.05, 0) is 6.07 Å². The summed E-state index contributed by atoms with van der Waals surface area (Å²) in [4.78, 5) is 2.97. The van der Waals surface area contributed by atoms with Crippen LogP contribution in [0.15, 0.2) is 12.3 Å². The van der Waals surface area contributed by atoms with Crippen LogP contribution in [0.1, 0.15) is 17.2 Å². The van der Waals surface area contributed by atoms with Gasteiger partial charge in [0.2, 0.25) is 0 Å². The van der Waals surface area contributed by atoms with Crippen LogP contribution >= 0.6 is 11.6 Å². The van der Waals surface area contributed by atoms with E-state index in [1.165, 1.54) is 0 Å². The molecule has 1 aromatic heterocycles. The van der Waals surface area contributed by atoms with Crippen molar-refractivity contribution in [2.45, 2.75) is 18.5 Å². The average Bonchev–Trinajstić information content (AvgIpc) is 2.14. The first-order valence-corrected chi connectivity index (χ1v) is 4.38.